The fourth-order valence-corrected chi connectivity index (χ4v) is 5.55. The van der Waals surface area contributed by atoms with Crippen LogP contribution in [0, 0.1) is 0 Å². The first-order valence-electron chi connectivity index (χ1n) is 9.29. The van der Waals surface area contributed by atoms with E-state index in [-0.39, 0.29) is 35.4 Å². The van der Waals surface area contributed by atoms with E-state index in [1.165, 1.54) is 4.68 Å². The largest absolute Gasteiger partial charge is 0.352 e. The molecule has 8 nitrogen and oxygen atoms in total. The van der Waals surface area contributed by atoms with Crippen LogP contribution in [0.2, 0.25) is 0 Å². The second kappa shape index (κ2) is 7.05. The molecule has 1 aliphatic heterocycles. The molecular weight excluding hydrogens is 380 g/mol. The maximum absolute atomic E-state index is 12.7. The van der Waals surface area contributed by atoms with E-state index < -0.39 is 9.84 Å². The summed E-state index contributed by atoms with van der Waals surface area (Å²) in [5.41, 5.74) is 1.35. The zero-order chi connectivity index (χ0) is 19.9. The highest BCUT2D eigenvalue weighted by molar-refractivity contribution is 7.91. The van der Waals surface area contributed by atoms with Crippen LogP contribution in [0.15, 0.2) is 35.3 Å². The summed E-state index contributed by atoms with van der Waals surface area (Å²) in [5.74, 6) is 0.00286. The Kier molecular flexibility index (Phi) is 4.70. The van der Waals surface area contributed by atoms with E-state index in [1.807, 2.05) is 28.8 Å². The van der Waals surface area contributed by atoms with Crippen molar-refractivity contribution in [1.29, 1.82) is 0 Å². The lowest BCUT2D eigenvalue weighted by Gasteiger charge is -2.11. The Morgan fingerprint density at radius 2 is 2.07 bits per heavy atom. The molecule has 1 amide bonds. The van der Waals surface area contributed by atoms with E-state index in [1.54, 1.807) is 13.2 Å². The average Bonchev–Trinajstić information content (AvgIpc) is 3.16. The molecular formula is C19H22N4O4S. The van der Waals surface area contributed by atoms with Crippen LogP contribution in [0.25, 0.3) is 21.8 Å². The minimum Gasteiger partial charge on any atom is -0.352 e. The van der Waals surface area contributed by atoms with Crippen LogP contribution < -0.4 is 10.9 Å². The van der Waals surface area contributed by atoms with Crippen molar-refractivity contribution >= 4 is 37.6 Å². The molecule has 2 aromatic heterocycles. The number of benzene rings is 1. The predicted octanol–water partition coefficient (Wildman–Crippen LogP) is 0.972. The molecule has 0 spiro atoms. The number of aryl methyl sites for hydroxylation is 2. The fourth-order valence-electron chi connectivity index (χ4n) is 3.88. The molecule has 1 saturated heterocycles. The maximum Gasteiger partial charge on any atom is 0.291 e. The summed E-state index contributed by atoms with van der Waals surface area (Å²) < 4.78 is 26.3. The van der Waals surface area contributed by atoms with Gasteiger partial charge in [0.15, 0.2) is 9.84 Å². The van der Waals surface area contributed by atoms with Crippen LogP contribution in [-0.4, -0.2) is 46.2 Å². The Morgan fingerprint density at radius 1 is 1.29 bits per heavy atom. The molecule has 148 valence electrons. The van der Waals surface area contributed by atoms with Gasteiger partial charge in [-0.25, -0.2) is 13.1 Å². The zero-order valence-electron chi connectivity index (χ0n) is 15.6. The van der Waals surface area contributed by atoms with Crippen molar-refractivity contribution in [3.8, 4) is 0 Å². The molecule has 3 aromatic rings. The summed E-state index contributed by atoms with van der Waals surface area (Å²) in [7, 11) is -1.40. The van der Waals surface area contributed by atoms with Crippen molar-refractivity contribution in [2.24, 2.45) is 7.05 Å². The molecule has 1 fully saturated rings. The first-order valence-corrected chi connectivity index (χ1v) is 11.1. The van der Waals surface area contributed by atoms with Crippen molar-refractivity contribution in [2.45, 2.75) is 31.8 Å². The van der Waals surface area contributed by atoms with E-state index in [0.29, 0.717) is 24.9 Å². The monoisotopic (exact) mass is 402 g/mol. The lowest BCUT2D eigenvalue weighted by atomic mass is 10.2. The smallest absolute Gasteiger partial charge is 0.291 e. The quantitative estimate of drug-likeness (QED) is 0.685. The number of amides is 1. The molecule has 1 aromatic carbocycles. The summed E-state index contributed by atoms with van der Waals surface area (Å²) in [4.78, 5) is 24.8. The third kappa shape index (κ3) is 3.42. The SMILES string of the molecule is Cn1ncc2c3ccccc3n(CCCC(=O)NC3CCS(=O)(=O)C3)c2c1=O. The van der Waals surface area contributed by atoms with Crippen molar-refractivity contribution in [3.63, 3.8) is 0 Å². The Balaban J connectivity index is 1.52. The Morgan fingerprint density at radius 3 is 2.82 bits per heavy atom. The molecule has 1 unspecified atom stereocenters. The van der Waals surface area contributed by atoms with Gasteiger partial charge >= 0.3 is 0 Å². The summed E-state index contributed by atoms with van der Waals surface area (Å²) >= 11 is 0. The fraction of sp³-hybridized carbons (Fsp3) is 0.421. The van der Waals surface area contributed by atoms with E-state index in [2.05, 4.69) is 10.4 Å². The Hall–Kier alpha value is -2.68. The normalized spacial score (nSPS) is 18.7. The van der Waals surface area contributed by atoms with Crippen LogP contribution in [0.3, 0.4) is 0 Å². The third-order valence-corrected chi connectivity index (χ3v) is 7.02. The van der Waals surface area contributed by atoms with Gasteiger partial charge in [-0.3, -0.25) is 9.59 Å². The van der Waals surface area contributed by atoms with Gasteiger partial charge in [-0.1, -0.05) is 18.2 Å². The second-order valence-corrected chi connectivity index (χ2v) is 9.50. The molecule has 1 atom stereocenters. The highest BCUT2D eigenvalue weighted by atomic mass is 32.2. The number of aromatic nitrogens is 3. The number of para-hydroxylation sites is 1. The van der Waals surface area contributed by atoms with Crippen LogP contribution in [0.1, 0.15) is 19.3 Å². The molecule has 1 N–H and O–H groups in total. The molecule has 9 heteroatoms. The van der Waals surface area contributed by atoms with E-state index in [0.717, 1.165) is 16.3 Å². The van der Waals surface area contributed by atoms with E-state index >= 15 is 0 Å². The number of carbonyl (C=O) groups is 1. The van der Waals surface area contributed by atoms with E-state index in [4.69, 9.17) is 0 Å². The summed E-state index contributed by atoms with van der Waals surface area (Å²) in [6, 6.07) is 7.47. The van der Waals surface area contributed by atoms with Gasteiger partial charge < -0.3 is 9.88 Å². The number of carbonyl (C=O) groups excluding carboxylic acids is 1. The third-order valence-electron chi connectivity index (χ3n) is 5.25. The number of hydrogen-bond acceptors (Lipinski definition) is 5. The number of nitrogens with one attached hydrogen (secondary N) is 1. The number of sulfone groups is 1. The lowest BCUT2D eigenvalue weighted by Crippen LogP contribution is -2.35. The van der Waals surface area contributed by atoms with Crippen molar-refractivity contribution in [1.82, 2.24) is 19.7 Å². The van der Waals surface area contributed by atoms with Crippen molar-refractivity contribution in [3.05, 3.63) is 40.8 Å². The van der Waals surface area contributed by atoms with Gasteiger partial charge in [0.2, 0.25) is 5.91 Å². The molecule has 1 aliphatic rings. The Bertz CT molecular complexity index is 1230. The molecule has 0 radical (unpaired) electrons. The number of hydrogen-bond donors (Lipinski definition) is 1. The summed E-state index contributed by atoms with van der Waals surface area (Å²) in [6.07, 6.45) is 2.99. The van der Waals surface area contributed by atoms with Crippen LogP contribution in [0.4, 0.5) is 0 Å². The van der Waals surface area contributed by atoms with Crippen LogP contribution in [-0.2, 0) is 28.2 Å². The highest BCUT2D eigenvalue weighted by Gasteiger charge is 2.28. The van der Waals surface area contributed by atoms with Crippen LogP contribution in [0.5, 0.6) is 0 Å². The number of nitrogens with zero attached hydrogens (tertiary/aromatic N) is 3. The highest BCUT2D eigenvalue weighted by Crippen LogP contribution is 2.26. The molecule has 3 heterocycles. The van der Waals surface area contributed by atoms with Crippen molar-refractivity contribution in [2.75, 3.05) is 11.5 Å². The van der Waals surface area contributed by atoms with Crippen molar-refractivity contribution < 1.29 is 13.2 Å². The maximum atomic E-state index is 12.7. The molecule has 0 aliphatic carbocycles. The van der Waals surface area contributed by atoms with E-state index in [9.17, 15) is 18.0 Å². The number of rotatable bonds is 5. The molecule has 28 heavy (non-hydrogen) atoms. The Labute approximate surface area is 162 Å². The minimum atomic E-state index is -3.02. The lowest BCUT2D eigenvalue weighted by molar-refractivity contribution is -0.121. The minimum absolute atomic E-state index is 0.0225. The van der Waals surface area contributed by atoms with Gasteiger partial charge in [-0.05, 0) is 18.9 Å². The first-order chi connectivity index (χ1) is 13.4. The van der Waals surface area contributed by atoms with Gasteiger partial charge in [-0.15, -0.1) is 0 Å². The molecule has 0 saturated carbocycles. The van der Waals surface area contributed by atoms with Gasteiger partial charge in [-0.2, -0.15) is 5.10 Å². The van der Waals surface area contributed by atoms with Gasteiger partial charge in [0.1, 0.15) is 5.52 Å². The molecule has 0 bridgehead atoms. The second-order valence-electron chi connectivity index (χ2n) is 7.28. The van der Waals surface area contributed by atoms with Gasteiger partial charge in [0, 0.05) is 42.3 Å². The molecule has 4 rings (SSSR count). The summed E-state index contributed by atoms with van der Waals surface area (Å²) in [5, 5.41) is 8.70. The number of fused-ring (bicyclic) bond motifs is 3. The standard InChI is InChI=1S/C19H22N4O4S/c1-22-19(25)18-15(11-20-22)14-5-2-3-6-16(14)23(18)9-4-7-17(24)21-13-8-10-28(26,27)12-13/h2-3,5-6,11,13H,4,7-10,12H2,1H3,(H,21,24). The summed E-state index contributed by atoms with van der Waals surface area (Å²) in [6.45, 7) is 0.514. The van der Waals surface area contributed by atoms with Gasteiger partial charge in [0.05, 0.1) is 17.7 Å². The average molecular weight is 402 g/mol. The predicted molar refractivity (Wildman–Crippen MR) is 107 cm³/mol. The van der Waals surface area contributed by atoms with Crippen LogP contribution >= 0.6 is 0 Å². The van der Waals surface area contributed by atoms with Gasteiger partial charge in [0.25, 0.3) is 5.56 Å². The topological polar surface area (TPSA) is 103 Å². The zero-order valence-corrected chi connectivity index (χ0v) is 16.4. The first kappa shape index (κ1) is 18.7.